The molecule has 2 heterocycles. The molecule has 0 saturated heterocycles. The van der Waals surface area contributed by atoms with Gasteiger partial charge >= 0.3 is 11.8 Å². The van der Waals surface area contributed by atoms with Crippen molar-refractivity contribution in [3.63, 3.8) is 0 Å². The van der Waals surface area contributed by atoms with E-state index < -0.39 is 17.6 Å². The summed E-state index contributed by atoms with van der Waals surface area (Å²) < 4.78 is 18.5. The van der Waals surface area contributed by atoms with E-state index in [-0.39, 0.29) is 23.8 Å². The second-order valence-electron chi connectivity index (χ2n) is 5.19. The van der Waals surface area contributed by atoms with Crippen molar-refractivity contribution in [1.82, 2.24) is 5.32 Å². The lowest BCUT2D eigenvalue weighted by atomic mass is 10.2. The van der Waals surface area contributed by atoms with Gasteiger partial charge in [-0.1, -0.05) is 12.1 Å². The highest BCUT2D eigenvalue weighted by molar-refractivity contribution is 7.14. The molecular weight excluding hydrogens is 359 g/mol. The van der Waals surface area contributed by atoms with Crippen LogP contribution in [0.15, 0.2) is 59.2 Å². The van der Waals surface area contributed by atoms with Crippen LogP contribution < -0.4 is 10.6 Å². The molecule has 0 aliphatic carbocycles. The van der Waals surface area contributed by atoms with Gasteiger partial charge in [-0.2, -0.15) is 0 Å². The van der Waals surface area contributed by atoms with E-state index in [1.807, 2.05) is 0 Å². The first-order chi connectivity index (χ1) is 12.5. The van der Waals surface area contributed by atoms with Crippen LogP contribution in [0.2, 0.25) is 0 Å². The summed E-state index contributed by atoms with van der Waals surface area (Å²) in [6.07, 6.45) is 1.41. The number of carbonyl (C=O) groups excluding carboxylic acids is 3. The van der Waals surface area contributed by atoms with Gasteiger partial charge in [-0.15, -0.1) is 11.3 Å². The van der Waals surface area contributed by atoms with Gasteiger partial charge in [0.15, 0.2) is 5.76 Å². The Morgan fingerprint density at radius 3 is 2.54 bits per heavy atom. The molecule has 0 unspecified atom stereocenters. The lowest BCUT2D eigenvalue weighted by Gasteiger charge is -2.06. The SMILES string of the molecule is O=C(NCc1ccc(C(=O)c2ccco2)s1)C(=O)Nc1ccccc1F. The third-order valence-corrected chi connectivity index (χ3v) is 4.47. The lowest BCUT2D eigenvalue weighted by molar-refractivity contribution is -0.136. The van der Waals surface area contributed by atoms with Gasteiger partial charge in [0.1, 0.15) is 5.82 Å². The van der Waals surface area contributed by atoms with Crippen LogP contribution in [0, 0.1) is 5.82 Å². The van der Waals surface area contributed by atoms with Crippen molar-refractivity contribution >= 4 is 34.6 Å². The van der Waals surface area contributed by atoms with E-state index in [1.165, 1.54) is 35.8 Å². The molecule has 0 radical (unpaired) electrons. The Morgan fingerprint density at radius 2 is 1.81 bits per heavy atom. The van der Waals surface area contributed by atoms with E-state index >= 15 is 0 Å². The molecule has 2 N–H and O–H groups in total. The molecule has 3 aromatic rings. The zero-order chi connectivity index (χ0) is 18.5. The highest BCUT2D eigenvalue weighted by Crippen LogP contribution is 2.20. The molecule has 1 aromatic carbocycles. The van der Waals surface area contributed by atoms with Crippen LogP contribution in [0.4, 0.5) is 10.1 Å². The van der Waals surface area contributed by atoms with Crippen molar-refractivity contribution in [3.05, 3.63) is 76.1 Å². The van der Waals surface area contributed by atoms with E-state index in [1.54, 1.807) is 30.3 Å². The monoisotopic (exact) mass is 372 g/mol. The standard InChI is InChI=1S/C18H13FN2O4S/c19-12-4-1-2-5-13(12)21-18(24)17(23)20-10-11-7-8-15(26-11)16(22)14-6-3-9-25-14/h1-9H,10H2,(H,20,23)(H,21,24). The Labute approximate surface area is 151 Å². The van der Waals surface area contributed by atoms with E-state index in [0.717, 1.165) is 0 Å². The van der Waals surface area contributed by atoms with Crippen molar-refractivity contribution in [2.75, 3.05) is 5.32 Å². The number of hydrogen-bond acceptors (Lipinski definition) is 5. The topological polar surface area (TPSA) is 88.4 Å². The predicted octanol–water partition coefficient (Wildman–Crippen LogP) is 2.97. The van der Waals surface area contributed by atoms with Crippen LogP contribution in [0.3, 0.4) is 0 Å². The molecule has 8 heteroatoms. The molecular formula is C18H13FN2O4S. The minimum absolute atomic E-state index is 0.0691. The van der Waals surface area contributed by atoms with Crippen LogP contribution in [0.1, 0.15) is 20.3 Å². The summed E-state index contributed by atoms with van der Waals surface area (Å²) in [7, 11) is 0. The van der Waals surface area contributed by atoms with Gasteiger partial charge in [0.2, 0.25) is 5.78 Å². The quantitative estimate of drug-likeness (QED) is 0.532. The Kier molecular flexibility index (Phi) is 5.23. The molecule has 6 nitrogen and oxygen atoms in total. The fraction of sp³-hybridized carbons (Fsp3) is 0.0556. The number of nitrogens with one attached hydrogen (secondary N) is 2. The Hall–Kier alpha value is -3.26. The van der Waals surface area contributed by atoms with Crippen molar-refractivity contribution < 1.29 is 23.2 Å². The summed E-state index contributed by atoms with van der Waals surface area (Å²) >= 11 is 1.18. The molecule has 2 aromatic heterocycles. The molecule has 3 rings (SSSR count). The molecule has 0 fully saturated rings. The normalized spacial score (nSPS) is 10.3. The van der Waals surface area contributed by atoms with Crippen molar-refractivity contribution in [2.24, 2.45) is 0 Å². The Balaban J connectivity index is 1.55. The minimum atomic E-state index is -0.974. The highest BCUT2D eigenvalue weighted by Gasteiger charge is 2.17. The largest absolute Gasteiger partial charge is 0.461 e. The summed E-state index contributed by atoms with van der Waals surface area (Å²) in [4.78, 5) is 36.9. The molecule has 0 aliphatic rings. The molecule has 132 valence electrons. The zero-order valence-corrected chi connectivity index (χ0v) is 14.1. The fourth-order valence-corrected chi connectivity index (χ4v) is 3.01. The summed E-state index contributed by atoms with van der Waals surface area (Å²) in [6, 6.07) is 12.0. The van der Waals surface area contributed by atoms with Crippen LogP contribution in [-0.2, 0) is 16.1 Å². The first-order valence-electron chi connectivity index (χ1n) is 7.55. The van der Waals surface area contributed by atoms with E-state index in [9.17, 15) is 18.8 Å². The first-order valence-corrected chi connectivity index (χ1v) is 8.37. The summed E-state index contributed by atoms with van der Waals surface area (Å²) in [6.45, 7) is 0.0691. The third-order valence-electron chi connectivity index (χ3n) is 3.38. The van der Waals surface area contributed by atoms with Gasteiger partial charge in [-0.3, -0.25) is 14.4 Å². The number of benzene rings is 1. The molecule has 26 heavy (non-hydrogen) atoms. The summed E-state index contributed by atoms with van der Waals surface area (Å²) in [5, 5.41) is 4.63. The van der Waals surface area contributed by atoms with Gasteiger partial charge in [0.05, 0.1) is 23.4 Å². The molecule has 0 atom stereocenters. The Bertz CT molecular complexity index is 950. The van der Waals surface area contributed by atoms with Gasteiger partial charge < -0.3 is 15.1 Å². The van der Waals surface area contributed by atoms with Crippen LogP contribution >= 0.6 is 11.3 Å². The number of carbonyl (C=O) groups is 3. The molecule has 0 spiro atoms. The number of rotatable bonds is 5. The minimum Gasteiger partial charge on any atom is -0.461 e. The summed E-state index contributed by atoms with van der Waals surface area (Å²) in [5.41, 5.74) is -0.0740. The van der Waals surface area contributed by atoms with Gasteiger partial charge in [-0.25, -0.2) is 4.39 Å². The van der Waals surface area contributed by atoms with Crippen LogP contribution in [0.5, 0.6) is 0 Å². The number of thiophene rings is 1. The zero-order valence-electron chi connectivity index (χ0n) is 13.3. The second-order valence-corrected chi connectivity index (χ2v) is 6.36. The lowest BCUT2D eigenvalue weighted by Crippen LogP contribution is -2.35. The second kappa shape index (κ2) is 7.75. The average molecular weight is 372 g/mol. The van der Waals surface area contributed by atoms with Gasteiger partial charge in [-0.05, 0) is 36.4 Å². The number of halogens is 1. The maximum absolute atomic E-state index is 13.5. The average Bonchev–Trinajstić information content (AvgIpc) is 3.33. The number of ketones is 1. The van der Waals surface area contributed by atoms with Gasteiger partial charge in [0.25, 0.3) is 0 Å². The molecule has 0 saturated carbocycles. The fourth-order valence-electron chi connectivity index (χ4n) is 2.11. The van der Waals surface area contributed by atoms with E-state index in [0.29, 0.717) is 9.75 Å². The van der Waals surface area contributed by atoms with Crippen LogP contribution in [0.25, 0.3) is 0 Å². The van der Waals surface area contributed by atoms with Crippen molar-refractivity contribution in [1.29, 1.82) is 0 Å². The Morgan fingerprint density at radius 1 is 1.00 bits per heavy atom. The molecule has 0 aliphatic heterocycles. The number of furan rings is 1. The van der Waals surface area contributed by atoms with Crippen molar-refractivity contribution in [3.8, 4) is 0 Å². The van der Waals surface area contributed by atoms with E-state index in [4.69, 9.17) is 4.42 Å². The number of hydrogen-bond donors (Lipinski definition) is 2. The van der Waals surface area contributed by atoms with E-state index in [2.05, 4.69) is 10.6 Å². The highest BCUT2D eigenvalue weighted by atomic mass is 32.1. The number of anilines is 1. The number of para-hydroxylation sites is 1. The summed E-state index contributed by atoms with van der Waals surface area (Å²) in [5.74, 6) is -2.53. The maximum Gasteiger partial charge on any atom is 0.313 e. The third kappa shape index (κ3) is 4.04. The number of amides is 2. The van der Waals surface area contributed by atoms with Crippen LogP contribution in [-0.4, -0.2) is 17.6 Å². The van der Waals surface area contributed by atoms with Gasteiger partial charge in [0, 0.05) is 4.88 Å². The first kappa shape index (κ1) is 17.6. The predicted molar refractivity (Wildman–Crippen MR) is 93.3 cm³/mol. The molecule has 2 amide bonds. The van der Waals surface area contributed by atoms with Crippen molar-refractivity contribution in [2.45, 2.75) is 6.54 Å². The smallest absolute Gasteiger partial charge is 0.313 e. The maximum atomic E-state index is 13.5. The molecule has 0 bridgehead atoms.